The Balaban J connectivity index is 1.10. The number of nitrogens with zero attached hydrogens (tertiary/aromatic N) is 1. The first-order valence-electron chi connectivity index (χ1n) is 18.4. The van der Waals surface area contributed by atoms with Crippen LogP contribution in [0.4, 0.5) is 17.1 Å². The highest BCUT2D eigenvalue weighted by molar-refractivity contribution is 6.16. The molecule has 0 fully saturated rings. The molecule has 0 saturated heterocycles. The van der Waals surface area contributed by atoms with Crippen LogP contribution in [0.5, 0.6) is 0 Å². The van der Waals surface area contributed by atoms with Crippen LogP contribution in [0.2, 0.25) is 0 Å². The Kier molecular flexibility index (Phi) is 7.85. The highest BCUT2D eigenvalue weighted by Crippen LogP contribution is 2.44. The van der Waals surface area contributed by atoms with Crippen LogP contribution in [-0.4, -0.2) is 0 Å². The zero-order chi connectivity index (χ0) is 35.8. The summed E-state index contributed by atoms with van der Waals surface area (Å²) < 4.78 is 6.41. The van der Waals surface area contributed by atoms with E-state index in [-0.39, 0.29) is 0 Å². The van der Waals surface area contributed by atoms with Crippen LogP contribution in [0, 0.1) is 0 Å². The minimum absolute atomic E-state index is 0.892. The number of para-hydroxylation sites is 1. The Morgan fingerprint density at radius 2 is 0.796 bits per heavy atom. The number of fused-ring (bicyclic) bond motifs is 4. The summed E-state index contributed by atoms with van der Waals surface area (Å²) in [5, 5.41) is 4.71. The topological polar surface area (TPSA) is 16.4 Å². The molecule has 0 aliphatic rings. The van der Waals surface area contributed by atoms with E-state index in [9.17, 15) is 0 Å². The van der Waals surface area contributed by atoms with Crippen LogP contribution in [0.3, 0.4) is 0 Å². The molecule has 10 rings (SSSR count). The zero-order valence-corrected chi connectivity index (χ0v) is 29.6. The molecule has 10 aromatic rings. The van der Waals surface area contributed by atoms with Gasteiger partial charge in [-0.3, -0.25) is 0 Å². The predicted molar refractivity (Wildman–Crippen MR) is 228 cm³/mol. The lowest BCUT2D eigenvalue weighted by Gasteiger charge is -2.26. The molecule has 0 radical (unpaired) electrons. The fourth-order valence-corrected chi connectivity index (χ4v) is 7.81. The van der Waals surface area contributed by atoms with Gasteiger partial charge in [0.05, 0.1) is 0 Å². The summed E-state index contributed by atoms with van der Waals surface area (Å²) in [5.74, 6) is 0. The van der Waals surface area contributed by atoms with E-state index in [0.29, 0.717) is 0 Å². The summed E-state index contributed by atoms with van der Waals surface area (Å²) in [5.41, 5.74) is 14.5. The van der Waals surface area contributed by atoms with Crippen LogP contribution in [-0.2, 0) is 0 Å². The summed E-state index contributed by atoms with van der Waals surface area (Å²) >= 11 is 0. The van der Waals surface area contributed by atoms with Crippen molar-refractivity contribution >= 4 is 49.8 Å². The molecule has 0 aliphatic carbocycles. The fourth-order valence-electron chi connectivity index (χ4n) is 7.81. The van der Waals surface area contributed by atoms with Crippen LogP contribution in [0.1, 0.15) is 0 Å². The van der Waals surface area contributed by atoms with Crippen molar-refractivity contribution < 1.29 is 4.42 Å². The number of furan rings is 1. The molecular weight excluding hydrogens is 655 g/mol. The lowest BCUT2D eigenvalue weighted by Crippen LogP contribution is -2.09. The molecule has 0 amide bonds. The summed E-state index contributed by atoms with van der Waals surface area (Å²) in [6, 6.07) is 75.9. The summed E-state index contributed by atoms with van der Waals surface area (Å²) in [6.45, 7) is 0. The number of hydrogen-bond acceptors (Lipinski definition) is 2. The van der Waals surface area contributed by atoms with Gasteiger partial charge in [0.2, 0.25) is 0 Å². The van der Waals surface area contributed by atoms with Gasteiger partial charge in [-0.1, -0.05) is 158 Å². The predicted octanol–water partition coefficient (Wildman–Crippen LogP) is 14.9. The molecule has 0 saturated carbocycles. The minimum Gasteiger partial charge on any atom is -0.456 e. The lowest BCUT2D eigenvalue weighted by molar-refractivity contribution is 0.669. The van der Waals surface area contributed by atoms with Gasteiger partial charge in [-0.25, -0.2) is 0 Å². The van der Waals surface area contributed by atoms with Gasteiger partial charge in [0.1, 0.15) is 11.2 Å². The van der Waals surface area contributed by atoms with E-state index in [1.165, 1.54) is 49.7 Å². The largest absolute Gasteiger partial charge is 0.456 e. The number of benzene rings is 9. The maximum atomic E-state index is 6.41. The van der Waals surface area contributed by atoms with Crippen molar-refractivity contribution in [2.45, 2.75) is 0 Å². The molecule has 9 aromatic carbocycles. The van der Waals surface area contributed by atoms with E-state index in [1.807, 2.05) is 6.07 Å². The van der Waals surface area contributed by atoms with E-state index < -0.39 is 0 Å². The SMILES string of the molecule is c1ccc(-c2ccc(N(c3ccc(-c4ccccc4)cc3)c3ccc(-c4ccc5oc6ccccc6c5c4-c4ccc5ccccc5c4)cc3)cc2)cc1. The van der Waals surface area contributed by atoms with Gasteiger partial charge in [0.25, 0.3) is 0 Å². The van der Waals surface area contributed by atoms with Crippen LogP contribution in [0.15, 0.2) is 217 Å². The quantitative estimate of drug-likeness (QED) is 0.166. The first-order chi connectivity index (χ1) is 26.8. The Morgan fingerprint density at radius 1 is 0.315 bits per heavy atom. The van der Waals surface area contributed by atoms with E-state index >= 15 is 0 Å². The zero-order valence-electron chi connectivity index (χ0n) is 29.6. The van der Waals surface area contributed by atoms with Gasteiger partial charge in [0.15, 0.2) is 0 Å². The average molecular weight is 690 g/mol. The first kappa shape index (κ1) is 31.6. The monoisotopic (exact) mass is 689 g/mol. The molecule has 0 atom stereocenters. The van der Waals surface area contributed by atoms with Crippen molar-refractivity contribution in [1.29, 1.82) is 0 Å². The molecule has 1 aromatic heterocycles. The second-order valence-corrected chi connectivity index (χ2v) is 13.7. The second-order valence-electron chi connectivity index (χ2n) is 13.7. The van der Waals surface area contributed by atoms with Gasteiger partial charge in [-0.05, 0) is 104 Å². The number of rotatable bonds is 7. The summed E-state index contributed by atoms with van der Waals surface area (Å²) in [4.78, 5) is 2.34. The van der Waals surface area contributed by atoms with Crippen molar-refractivity contribution in [3.63, 3.8) is 0 Å². The van der Waals surface area contributed by atoms with Crippen LogP contribution in [0.25, 0.3) is 77.2 Å². The van der Waals surface area contributed by atoms with Crippen molar-refractivity contribution in [2.24, 2.45) is 0 Å². The van der Waals surface area contributed by atoms with Gasteiger partial charge >= 0.3 is 0 Å². The van der Waals surface area contributed by atoms with E-state index in [0.717, 1.165) is 44.6 Å². The Bertz CT molecular complexity index is 2810. The van der Waals surface area contributed by atoms with E-state index in [2.05, 4.69) is 211 Å². The van der Waals surface area contributed by atoms with Crippen molar-refractivity contribution in [1.82, 2.24) is 0 Å². The lowest BCUT2D eigenvalue weighted by atomic mass is 9.89. The van der Waals surface area contributed by atoms with Crippen molar-refractivity contribution in [3.8, 4) is 44.5 Å². The van der Waals surface area contributed by atoms with Gasteiger partial charge in [0, 0.05) is 33.4 Å². The molecule has 0 N–H and O–H groups in total. The molecule has 54 heavy (non-hydrogen) atoms. The maximum absolute atomic E-state index is 6.41. The smallest absolute Gasteiger partial charge is 0.136 e. The van der Waals surface area contributed by atoms with Crippen molar-refractivity contribution in [2.75, 3.05) is 4.90 Å². The number of hydrogen-bond donors (Lipinski definition) is 0. The van der Waals surface area contributed by atoms with Gasteiger partial charge in [-0.2, -0.15) is 0 Å². The molecule has 1 heterocycles. The Hall–Kier alpha value is -7.16. The normalized spacial score (nSPS) is 11.3. The van der Waals surface area contributed by atoms with Crippen LogP contribution >= 0.6 is 0 Å². The molecule has 254 valence electrons. The molecule has 2 heteroatoms. The van der Waals surface area contributed by atoms with Gasteiger partial charge in [-0.15, -0.1) is 0 Å². The summed E-state index contributed by atoms with van der Waals surface area (Å²) in [7, 11) is 0. The summed E-state index contributed by atoms with van der Waals surface area (Å²) in [6.07, 6.45) is 0. The maximum Gasteiger partial charge on any atom is 0.136 e. The molecule has 0 aliphatic heterocycles. The number of anilines is 3. The average Bonchev–Trinajstić information content (AvgIpc) is 3.64. The van der Waals surface area contributed by atoms with E-state index in [1.54, 1.807) is 0 Å². The first-order valence-corrected chi connectivity index (χ1v) is 18.4. The Labute approximate surface area is 314 Å². The molecule has 0 spiro atoms. The van der Waals surface area contributed by atoms with Gasteiger partial charge < -0.3 is 9.32 Å². The third-order valence-corrected chi connectivity index (χ3v) is 10.5. The minimum atomic E-state index is 0.892. The van der Waals surface area contributed by atoms with Crippen LogP contribution < -0.4 is 4.90 Å². The van der Waals surface area contributed by atoms with Crippen molar-refractivity contribution in [3.05, 3.63) is 212 Å². The molecule has 0 unspecified atom stereocenters. The fraction of sp³-hybridized carbons (Fsp3) is 0. The van der Waals surface area contributed by atoms with E-state index in [4.69, 9.17) is 4.42 Å². The third kappa shape index (κ3) is 5.71. The highest BCUT2D eigenvalue weighted by Gasteiger charge is 2.19. The Morgan fingerprint density at radius 3 is 1.41 bits per heavy atom. The third-order valence-electron chi connectivity index (χ3n) is 10.5. The second kappa shape index (κ2) is 13.4. The highest BCUT2D eigenvalue weighted by atomic mass is 16.3. The molecule has 0 bridgehead atoms. The molecular formula is C52H35NO. The standard InChI is InChI=1S/C52H35NO/c1-3-11-36(12-4-1)39-21-27-44(28-22-39)53(45-29-23-40(24-30-45)37-13-5-2-6-14-37)46-31-25-41(26-32-46)47-33-34-50-52(48-17-9-10-18-49(48)54-50)51(47)43-20-19-38-15-7-8-16-42(38)35-43/h1-35H. The molecule has 2 nitrogen and oxygen atoms in total.